The largest absolute Gasteiger partial charge is 0.301 e. The van der Waals surface area contributed by atoms with Gasteiger partial charge in [-0.3, -0.25) is 4.90 Å². The average molecular weight is 309 g/mol. The first-order chi connectivity index (χ1) is 10.7. The van der Waals surface area contributed by atoms with Gasteiger partial charge in [-0.15, -0.1) is 6.58 Å². The average Bonchev–Trinajstić information content (AvgIpc) is 2.53. The van der Waals surface area contributed by atoms with Gasteiger partial charge in [0.05, 0.1) is 0 Å². The fourth-order valence-electron chi connectivity index (χ4n) is 3.36. The molecule has 0 radical (unpaired) electrons. The molecule has 1 heterocycles. The topological polar surface area (TPSA) is 6.48 Å². The molecule has 0 atom stereocenters. The molecule has 0 aromatic carbocycles. The van der Waals surface area contributed by atoms with Crippen molar-refractivity contribution in [3.8, 4) is 0 Å². The van der Waals surface area contributed by atoms with Crippen LogP contribution in [0.25, 0.3) is 0 Å². The van der Waals surface area contributed by atoms with Crippen molar-refractivity contribution in [1.29, 1.82) is 0 Å². The van der Waals surface area contributed by atoms with E-state index in [0.29, 0.717) is 0 Å². The van der Waals surface area contributed by atoms with E-state index in [4.69, 9.17) is 0 Å². The molecule has 1 aliphatic rings. The van der Waals surface area contributed by atoms with E-state index >= 15 is 0 Å². The van der Waals surface area contributed by atoms with Crippen LogP contribution < -0.4 is 0 Å². The molecule has 0 aromatic heterocycles. The zero-order valence-corrected chi connectivity index (χ0v) is 15.4. The SMILES string of the molecule is C=CCCCCCCCCCCCN1CCN(C(C)C)CC1. The summed E-state index contributed by atoms with van der Waals surface area (Å²) in [7, 11) is 0. The van der Waals surface area contributed by atoms with Crippen molar-refractivity contribution in [1.82, 2.24) is 9.80 Å². The Hall–Kier alpha value is -0.340. The number of allylic oxidation sites excluding steroid dienone is 1. The third-order valence-corrected chi connectivity index (χ3v) is 5.02. The van der Waals surface area contributed by atoms with Crippen LogP contribution >= 0.6 is 0 Å². The van der Waals surface area contributed by atoms with Crippen molar-refractivity contribution in [2.75, 3.05) is 32.7 Å². The summed E-state index contributed by atoms with van der Waals surface area (Å²) < 4.78 is 0. The van der Waals surface area contributed by atoms with Crippen molar-refractivity contribution in [3.63, 3.8) is 0 Å². The van der Waals surface area contributed by atoms with Gasteiger partial charge in [-0.1, -0.05) is 51.0 Å². The number of nitrogens with zero attached hydrogens (tertiary/aromatic N) is 2. The highest BCUT2D eigenvalue weighted by Gasteiger charge is 2.17. The fourth-order valence-corrected chi connectivity index (χ4v) is 3.36. The van der Waals surface area contributed by atoms with Crippen LogP contribution in [0.4, 0.5) is 0 Å². The van der Waals surface area contributed by atoms with E-state index in [0.717, 1.165) is 6.04 Å². The first-order valence-corrected chi connectivity index (χ1v) is 9.81. The van der Waals surface area contributed by atoms with Crippen LogP contribution in [0.5, 0.6) is 0 Å². The minimum atomic E-state index is 0.721. The highest BCUT2D eigenvalue weighted by molar-refractivity contribution is 4.74. The molecule has 1 saturated heterocycles. The molecule has 1 fully saturated rings. The standard InChI is InChI=1S/C20H40N2/c1-4-5-6-7-8-9-10-11-12-13-14-15-21-16-18-22(19-17-21)20(2)3/h4,20H,1,5-19H2,2-3H3. The maximum absolute atomic E-state index is 3.78. The van der Waals surface area contributed by atoms with E-state index < -0.39 is 0 Å². The van der Waals surface area contributed by atoms with Gasteiger partial charge in [0.15, 0.2) is 0 Å². The number of rotatable bonds is 13. The lowest BCUT2D eigenvalue weighted by molar-refractivity contribution is 0.107. The van der Waals surface area contributed by atoms with Crippen molar-refractivity contribution in [3.05, 3.63) is 12.7 Å². The predicted molar refractivity (Wildman–Crippen MR) is 99.5 cm³/mol. The fraction of sp³-hybridized carbons (Fsp3) is 0.900. The van der Waals surface area contributed by atoms with E-state index in [-0.39, 0.29) is 0 Å². The molecule has 22 heavy (non-hydrogen) atoms. The van der Waals surface area contributed by atoms with Gasteiger partial charge in [-0.05, 0) is 39.7 Å². The maximum atomic E-state index is 3.78. The molecule has 0 N–H and O–H groups in total. The molecule has 0 aromatic rings. The van der Waals surface area contributed by atoms with Crippen LogP contribution in [0.1, 0.15) is 78.1 Å². The molecule has 0 aliphatic carbocycles. The second-order valence-electron chi connectivity index (χ2n) is 7.23. The molecule has 1 aliphatic heterocycles. The first-order valence-electron chi connectivity index (χ1n) is 9.81. The Morgan fingerprint density at radius 2 is 1.27 bits per heavy atom. The summed E-state index contributed by atoms with van der Waals surface area (Å²) in [6, 6.07) is 0.721. The minimum absolute atomic E-state index is 0.721. The van der Waals surface area contributed by atoms with Crippen LogP contribution in [-0.2, 0) is 0 Å². The Morgan fingerprint density at radius 1 is 0.773 bits per heavy atom. The lowest BCUT2D eigenvalue weighted by Crippen LogP contribution is -2.48. The maximum Gasteiger partial charge on any atom is 0.0113 e. The van der Waals surface area contributed by atoms with Gasteiger partial charge in [0.2, 0.25) is 0 Å². The van der Waals surface area contributed by atoms with Crippen molar-refractivity contribution >= 4 is 0 Å². The first kappa shape index (κ1) is 19.7. The molecule has 0 spiro atoms. The van der Waals surface area contributed by atoms with Crippen LogP contribution in [-0.4, -0.2) is 48.6 Å². The molecule has 0 saturated carbocycles. The smallest absolute Gasteiger partial charge is 0.0113 e. The van der Waals surface area contributed by atoms with Gasteiger partial charge in [0.1, 0.15) is 0 Å². The lowest BCUT2D eigenvalue weighted by atomic mass is 10.1. The van der Waals surface area contributed by atoms with Crippen molar-refractivity contribution in [2.45, 2.75) is 84.1 Å². The predicted octanol–water partition coefficient (Wildman–Crippen LogP) is 5.10. The van der Waals surface area contributed by atoms with Gasteiger partial charge in [0.25, 0.3) is 0 Å². The lowest BCUT2D eigenvalue weighted by Gasteiger charge is -2.36. The second kappa shape index (κ2) is 13.1. The van der Waals surface area contributed by atoms with Gasteiger partial charge >= 0.3 is 0 Å². The monoisotopic (exact) mass is 308 g/mol. The number of hydrogen-bond donors (Lipinski definition) is 0. The third kappa shape index (κ3) is 9.63. The zero-order valence-electron chi connectivity index (χ0n) is 15.4. The summed E-state index contributed by atoms with van der Waals surface area (Å²) in [5.41, 5.74) is 0. The molecule has 130 valence electrons. The zero-order chi connectivity index (χ0) is 16.0. The Balaban J connectivity index is 1.81. The summed E-state index contributed by atoms with van der Waals surface area (Å²) in [5, 5.41) is 0. The van der Waals surface area contributed by atoms with E-state index in [9.17, 15) is 0 Å². The van der Waals surface area contributed by atoms with E-state index in [1.165, 1.54) is 96.9 Å². The third-order valence-electron chi connectivity index (χ3n) is 5.02. The highest BCUT2D eigenvalue weighted by atomic mass is 15.3. The van der Waals surface area contributed by atoms with Gasteiger partial charge in [0, 0.05) is 32.2 Å². The molecular weight excluding hydrogens is 268 g/mol. The second-order valence-corrected chi connectivity index (χ2v) is 7.23. The molecule has 2 nitrogen and oxygen atoms in total. The quantitative estimate of drug-likeness (QED) is 0.345. The number of unbranched alkanes of at least 4 members (excludes halogenated alkanes) is 9. The Morgan fingerprint density at radius 3 is 1.77 bits per heavy atom. The molecule has 0 amide bonds. The summed E-state index contributed by atoms with van der Waals surface area (Å²) >= 11 is 0. The molecule has 1 rings (SSSR count). The minimum Gasteiger partial charge on any atom is -0.301 e. The summed E-state index contributed by atoms with van der Waals surface area (Å²) in [6.07, 6.45) is 16.0. The summed E-state index contributed by atoms with van der Waals surface area (Å²) in [6.45, 7) is 14.8. The van der Waals surface area contributed by atoms with Gasteiger partial charge in [-0.25, -0.2) is 0 Å². The summed E-state index contributed by atoms with van der Waals surface area (Å²) in [5.74, 6) is 0. The number of piperazine rings is 1. The van der Waals surface area contributed by atoms with Gasteiger partial charge < -0.3 is 4.90 Å². The molecule has 2 heteroatoms. The molecule has 0 unspecified atom stereocenters. The van der Waals surface area contributed by atoms with E-state index in [1.54, 1.807) is 0 Å². The summed E-state index contributed by atoms with van der Waals surface area (Å²) in [4.78, 5) is 5.27. The Kier molecular flexibility index (Phi) is 11.8. The molecular formula is C20H40N2. The van der Waals surface area contributed by atoms with E-state index in [1.807, 2.05) is 6.08 Å². The molecule has 0 bridgehead atoms. The van der Waals surface area contributed by atoms with Crippen LogP contribution in [0.3, 0.4) is 0 Å². The van der Waals surface area contributed by atoms with Gasteiger partial charge in [-0.2, -0.15) is 0 Å². The number of hydrogen-bond acceptors (Lipinski definition) is 2. The van der Waals surface area contributed by atoms with Crippen LogP contribution in [0.15, 0.2) is 12.7 Å². The normalized spacial score (nSPS) is 17.2. The van der Waals surface area contributed by atoms with Crippen LogP contribution in [0, 0.1) is 0 Å². The van der Waals surface area contributed by atoms with Crippen molar-refractivity contribution < 1.29 is 0 Å². The van der Waals surface area contributed by atoms with E-state index in [2.05, 4.69) is 30.2 Å². The van der Waals surface area contributed by atoms with Crippen molar-refractivity contribution in [2.24, 2.45) is 0 Å². The highest BCUT2D eigenvalue weighted by Crippen LogP contribution is 2.12. The van der Waals surface area contributed by atoms with Crippen LogP contribution in [0.2, 0.25) is 0 Å². The Bertz CT molecular complexity index is 254. The Labute approximate surface area is 139 Å².